The van der Waals surface area contributed by atoms with E-state index in [1.807, 2.05) is 60.7 Å². The molecule has 5 nitrogen and oxygen atoms in total. The van der Waals surface area contributed by atoms with Crippen molar-refractivity contribution >= 4 is 55.5 Å². The number of aliphatic imine (C=N–C) groups is 2. The fourth-order valence-corrected chi connectivity index (χ4v) is 6.98. The minimum atomic E-state index is 0.363. The molecule has 9 rings (SSSR count). The lowest BCUT2D eigenvalue weighted by Crippen LogP contribution is -2.33. The minimum Gasteiger partial charge on any atom is -0.456 e. The van der Waals surface area contributed by atoms with E-state index in [0.29, 0.717) is 18.2 Å². The van der Waals surface area contributed by atoms with Gasteiger partial charge in [-0.3, -0.25) is 9.98 Å². The smallest absolute Gasteiger partial charge is 0.146 e. The van der Waals surface area contributed by atoms with Gasteiger partial charge in [-0.25, -0.2) is 0 Å². The van der Waals surface area contributed by atoms with Crippen LogP contribution in [0.4, 0.5) is 0 Å². The van der Waals surface area contributed by atoms with Gasteiger partial charge in [0.25, 0.3) is 0 Å². The van der Waals surface area contributed by atoms with Crippen molar-refractivity contribution in [3.8, 4) is 22.3 Å². The van der Waals surface area contributed by atoms with Crippen LogP contribution in [0.3, 0.4) is 0 Å². The van der Waals surface area contributed by atoms with E-state index in [2.05, 4.69) is 108 Å². The lowest BCUT2D eigenvalue weighted by Gasteiger charge is -2.17. The van der Waals surface area contributed by atoms with Crippen molar-refractivity contribution in [3.05, 3.63) is 180 Å². The number of amidine groups is 2. The molecule has 0 fully saturated rings. The average Bonchev–Trinajstić information content (AvgIpc) is 3.77. The zero-order chi connectivity index (χ0) is 34.1. The Morgan fingerprint density at radius 1 is 0.510 bits per heavy atom. The quantitative estimate of drug-likeness (QED) is 0.143. The van der Waals surface area contributed by atoms with Crippen LogP contribution in [0.1, 0.15) is 16.7 Å². The first-order valence-corrected chi connectivity index (χ1v) is 17.1. The van der Waals surface area contributed by atoms with Crippen LogP contribution in [0.2, 0.25) is 0 Å². The second-order valence-corrected chi connectivity index (χ2v) is 12.5. The van der Waals surface area contributed by atoms with Gasteiger partial charge in [0.2, 0.25) is 0 Å². The molecule has 7 aromatic carbocycles. The summed E-state index contributed by atoms with van der Waals surface area (Å²) in [5.41, 5.74) is 10.4. The number of nitrogens with one attached hydrogen (secondary N) is 1. The van der Waals surface area contributed by atoms with Crippen LogP contribution in [0.25, 0.3) is 66.1 Å². The van der Waals surface area contributed by atoms with E-state index in [1.54, 1.807) is 7.05 Å². The van der Waals surface area contributed by atoms with Gasteiger partial charge in [-0.1, -0.05) is 140 Å². The molecular weight excluding hydrogens is 627 g/mol. The van der Waals surface area contributed by atoms with E-state index < -0.39 is 0 Å². The Kier molecular flexibility index (Phi) is 7.71. The van der Waals surface area contributed by atoms with E-state index in [-0.39, 0.29) is 0 Å². The fraction of sp³-hybridized carbons (Fsp3) is 0.0435. The molecule has 0 saturated heterocycles. The van der Waals surface area contributed by atoms with Crippen LogP contribution in [-0.2, 0) is 6.54 Å². The van der Waals surface area contributed by atoms with Gasteiger partial charge < -0.3 is 14.2 Å². The summed E-state index contributed by atoms with van der Waals surface area (Å²) in [7, 11) is 1.80. The third-order valence-electron chi connectivity index (χ3n) is 9.47. The van der Waals surface area contributed by atoms with Crippen LogP contribution in [0.15, 0.2) is 183 Å². The van der Waals surface area contributed by atoms with E-state index in [1.165, 1.54) is 0 Å². The van der Waals surface area contributed by atoms with E-state index in [0.717, 1.165) is 82.8 Å². The molecule has 0 spiro atoms. The molecule has 0 saturated carbocycles. The van der Waals surface area contributed by atoms with Gasteiger partial charge in [0.05, 0.1) is 12.1 Å². The number of para-hydroxylation sites is 2. The maximum atomic E-state index is 6.68. The number of fused-ring (bicyclic) bond motifs is 6. The van der Waals surface area contributed by atoms with Crippen molar-refractivity contribution < 1.29 is 8.83 Å². The molecule has 0 aliphatic rings. The highest BCUT2D eigenvalue weighted by molar-refractivity contribution is 6.23. The van der Waals surface area contributed by atoms with Crippen LogP contribution in [0, 0.1) is 0 Å². The summed E-state index contributed by atoms with van der Waals surface area (Å²) in [6.45, 7) is 0.363. The number of hydrogen-bond acceptors (Lipinski definition) is 4. The summed E-state index contributed by atoms with van der Waals surface area (Å²) in [5, 5.41) is 7.89. The lowest BCUT2D eigenvalue weighted by molar-refractivity contribution is 0.663. The zero-order valence-electron chi connectivity index (χ0n) is 28.0. The Morgan fingerprint density at radius 3 is 1.92 bits per heavy atom. The normalized spacial score (nSPS) is 12.3. The van der Waals surface area contributed by atoms with Crippen molar-refractivity contribution in [2.24, 2.45) is 9.98 Å². The monoisotopic (exact) mass is 659 g/mol. The van der Waals surface area contributed by atoms with Gasteiger partial charge in [-0.2, -0.15) is 0 Å². The van der Waals surface area contributed by atoms with Crippen LogP contribution in [-0.4, -0.2) is 18.7 Å². The Labute approximate surface area is 295 Å². The molecule has 51 heavy (non-hydrogen) atoms. The predicted molar refractivity (Wildman–Crippen MR) is 211 cm³/mol. The molecule has 0 atom stereocenters. The molecule has 1 N–H and O–H groups in total. The van der Waals surface area contributed by atoms with Crippen molar-refractivity contribution in [1.82, 2.24) is 5.32 Å². The van der Waals surface area contributed by atoms with Gasteiger partial charge >= 0.3 is 0 Å². The molecule has 244 valence electrons. The maximum Gasteiger partial charge on any atom is 0.146 e. The van der Waals surface area contributed by atoms with Crippen LogP contribution in [0.5, 0.6) is 0 Å². The van der Waals surface area contributed by atoms with Gasteiger partial charge in [0.15, 0.2) is 0 Å². The second-order valence-electron chi connectivity index (χ2n) is 12.5. The van der Waals surface area contributed by atoms with Crippen molar-refractivity contribution in [3.63, 3.8) is 0 Å². The number of hydrogen-bond donors (Lipinski definition) is 1. The number of nitrogens with zero attached hydrogens (tertiary/aromatic N) is 2. The third-order valence-corrected chi connectivity index (χ3v) is 9.47. The van der Waals surface area contributed by atoms with Gasteiger partial charge in [-0.15, -0.1) is 0 Å². The second kappa shape index (κ2) is 13.0. The highest BCUT2D eigenvalue weighted by Crippen LogP contribution is 2.38. The Hall–Kier alpha value is -6.72. The minimum absolute atomic E-state index is 0.363. The van der Waals surface area contributed by atoms with Crippen LogP contribution < -0.4 is 5.32 Å². The molecule has 9 aromatic rings. The molecule has 2 heterocycles. The average molecular weight is 660 g/mol. The van der Waals surface area contributed by atoms with Gasteiger partial charge in [0.1, 0.15) is 34.0 Å². The predicted octanol–water partition coefficient (Wildman–Crippen LogP) is 11.4. The molecule has 5 heteroatoms. The molecule has 0 aliphatic heterocycles. The van der Waals surface area contributed by atoms with Crippen molar-refractivity contribution in [2.75, 3.05) is 7.05 Å². The van der Waals surface area contributed by atoms with E-state index >= 15 is 0 Å². The summed E-state index contributed by atoms with van der Waals surface area (Å²) in [4.78, 5) is 10.1. The topological polar surface area (TPSA) is 63.0 Å². The van der Waals surface area contributed by atoms with Gasteiger partial charge in [0, 0.05) is 39.7 Å². The third kappa shape index (κ3) is 5.55. The van der Waals surface area contributed by atoms with E-state index in [9.17, 15) is 0 Å². The largest absolute Gasteiger partial charge is 0.456 e. The molecule has 0 aliphatic carbocycles. The fourth-order valence-electron chi connectivity index (χ4n) is 6.98. The first-order chi connectivity index (χ1) is 25.2. The van der Waals surface area contributed by atoms with Crippen LogP contribution >= 0.6 is 0 Å². The summed E-state index contributed by atoms with van der Waals surface area (Å²) in [6.07, 6.45) is 0. The first kappa shape index (κ1) is 30.3. The van der Waals surface area contributed by atoms with Gasteiger partial charge in [-0.05, 0) is 46.5 Å². The maximum absolute atomic E-state index is 6.68. The standard InChI is InChI=1S/C46H33N3O2/c1-47-45(32-18-9-4-10-19-32)49-46(42-35(31-16-7-3-8-17-31)26-27-39-36-21-11-12-23-40(36)50-44(39)42)48-29-34-20-13-22-38-37-25-24-33(28-41(37)51-43(34)38)30-14-5-2-6-15-30/h2-28H,29H2,1H3,(H,47,48,49). The molecule has 0 amide bonds. The summed E-state index contributed by atoms with van der Waals surface area (Å²) >= 11 is 0. The van der Waals surface area contributed by atoms with E-state index in [4.69, 9.17) is 18.8 Å². The lowest BCUT2D eigenvalue weighted by atomic mass is 9.96. The Bertz CT molecular complexity index is 2740. The molecule has 0 unspecified atom stereocenters. The zero-order valence-corrected chi connectivity index (χ0v) is 28.0. The Morgan fingerprint density at radius 2 is 1.14 bits per heavy atom. The first-order valence-electron chi connectivity index (χ1n) is 17.1. The summed E-state index contributed by atoms with van der Waals surface area (Å²) in [5.74, 6) is 1.36. The summed E-state index contributed by atoms with van der Waals surface area (Å²) in [6, 6.07) is 56.1. The highest BCUT2D eigenvalue weighted by atomic mass is 16.3. The number of furan rings is 2. The Balaban J connectivity index is 1.23. The summed E-state index contributed by atoms with van der Waals surface area (Å²) < 4.78 is 13.3. The van der Waals surface area contributed by atoms with Crippen molar-refractivity contribution in [1.29, 1.82) is 0 Å². The molecule has 2 aromatic heterocycles. The molecule has 0 bridgehead atoms. The number of benzene rings is 7. The molecular formula is C46H33N3O2. The number of rotatable bonds is 6. The SMILES string of the molecule is CN=C(NC(=NCc1cccc2c1oc1cc(-c3ccccc3)ccc12)c1c(-c2ccccc2)ccc2c1oc1ccccc12)c1ccccc1. The highest BCUT2D eigenvalue weighted by Gasteiger charge is 2.22. The molecule has 0 radical (unpaired) electrons. The van der Waals surface area contributed by atoms with Crippen molar-refractivity contribution in [2.45, 2.75) is 6.54 Å².